The van der Waals surface area contributed by atoms with Gasteiger partial charge in [0.1, 0.15) is 5.75 Å². The number of hydrogen-bond donors (Lipinski definition) is 0. The highest BCUT2D eigenvalue weighted by atomic mass is 35.5. The zero-order valence-corrected chi connectivity index (χ0v) is 10.0. The van der Waals surface area contributed by atoms with Gasteiger partial charge in [-0.3, -0.25) is 0 Å². The summed E-state index contributed by atoms with van der Waals surface area (Å²) in [5.41, 5.74) is 5.00. The lowest BCUT2D eigenvalue weighted by molar-refractivity contribution is 0.409. The summed E-state index contributed by atoms with van der Waals surface area (Å²) in [6, 6.07) is 2.07. The number of hydrogen-bond acceptors (Lipinski definition) is 1. The van der Waals surface area contributed by atoms with E-state index in [1.54, 1.807) is 7.11 Å². The van der Waals surface area contributed by atoms with E-state index in [2.05, 4.69) is 26.8 Å². The van der Waals surface area contributed by atoms with Gasteiger partial charge in [-0.1, -0.05) is 6.92 Å². The van der Waals surface area contributed by atoms with Gasteiger partial charge in [-0.25, -0.2) is 0 Å². The lowest BCUT2D eigenvalue weighted by atomic mass is 9.96. The Hall–Kier alpha value is -0.690. The van der Waals surface area contributed by atoms with E-state index in [1.807, 2.05) is 0 Å². The molecule has 0 amide bonds. The number of rotatable bonds is 3. The summed E-state index contributed by atoms with van der Waals surface area (Å²) in [7, 11) is 1.72. The van der Waals surface area contributed by atoms with E-state index in [1.165, 1.54) is 22.3 Å². The monoisotopic (exact) mass is 212 g/mol. The number of aryl methyl sites for hydroxylation is 1. The van der Waals surface area contributed by atoms with Crippen LogP contribution in [-0.4, -0.2) is 7.11 Å². The number of alkyl halides is 1. The molecule has 0 aliphatic carbocycles. The van der Waals surface area contributed by atoms with Crippen molar-refractivity contribution in [3.63, 3.8) is 0 Å². The van der Waals surface area contributed by atoms with Crippen molar-refractivity contribution >= 4 is 11.6 Å². The molecule has 0 unspecified atom stereocenters. The first-order valence-electron chi connectivity index (χ1n) is 4.87. The number of methoxy groups -OCH3 is 1. The van der Waals surface area contributed by atoms with Crippen LogP contribution in [0.4, 0.5) is 0 Å². The first-order chi connectivity index (χ1) is 6.65. The van der Waals surface area contributed by atoms with E-state index < -0.39 is 0 Å². The molecule has 2 heteroatoms. The van der Waals surface area contributed by atoms with Crippen molar-refractivity contribution in [1.29, 1.82) is 0 Å². The molecule has 0 aliphatic rings. The SMILES string of the molecule is CCc1c(OC)cc(C)c(CCl)c1C. The fraction of sp³-hybridized carbons (Fsp3) is 0.500. The molecule has 0 aromatic heterocycles. The first-order valence-corrected chi connectivity index (χ1v) is 5.41. The van der Waals surface area contributed by atoms with Crippen molar-refractivity contribution in [2.24, 2.45) is 0 Å². The molecule has 0 aliphatic heterocycles. The van der Waals surface area contributed by atoms with Gasteiger partial charge in [0, 0.05) is 5.88 Å². The minimum atomic E-state index is 0.578. The van der Waals surface area contributed by atoms with Crippen LogP contribution in [-0.2, 0) is 12.3 Å². The minimum absolute atomic E-state index is 0.578. The Morgan fingerprint density at radius 3 is 2.36 bits per heavy atom. The van der Waals surface area contributed by atoms with Crippen LogP contribution in [0.1, 0.15) is 29.2 Å². The first kappa shape index (κ1) is 11.4. The summed E-state index contributed by atoms with van der Waals surface area (Å²) in [6.07, 6.45) is 0.985. The highest BCUT2D eigenvalue weighted by Gasteiger charge is 2.11. The average Bonchev–Trinajstić information content (AvgIpc) is 2.17. The third-order valence-electron chi connectivity index (χ3n) is 2.73. The molecule has 0 bridgehead atoms. The Balaban J connectivity index is 3.39. The summed E-state index contributed by atoms with van der Waals surface area (Å²) in [4.78, 5) is 0. The van der Waals surface area contributed by atoms with E-state index in [4.69, 9.17) is 16.3 Å². The normalized spacial score (nSPS) is 10.4. The summed E-state index contributed by atoms with van der Waals surface area (Å²) in [6.45, 7) is 6.33. The zero-order valence-electron chi connectivity index (χ0n) is 9.28. The predicted octanol–water partition coefficient (Wildman–Crippen LogP) is 3.61. The van der Waals surface area contributed by atoms with Crippen LogP contribution < -0.4 is 4.74 Å². The second kappa shape index (κ2) is 4.70. The van der Waals surface area contributed by atoms with Crippen LogP contribution in [0.2, 0.25) is 0 Å². The third kappa shape index (κ3) is 1.88. The fourth-order valence-corrected chi connectivity index (χ4v) is 2.27. The van der Waals surface area contributed by atoms with Crippen molar-refractivity contribution in [2.45, 2.75) is 33.1 Å². The predicted molar refractivity (Wildman–Crippen MR) is 61.4 cm³/mol. The Morgan fingerprint density at radius 2 is 1.93 bits per heavy atom. The Kier molecular flexibility index (Phi) is 3.82. The lowest BCUT2D eigenvalue weighted by Gasteiger charge is -2.15. The number of halogens is 1. The molecular formula is C12H17ClO. The van der Waals surface area contributed by atoms with Crippen LogP contribution in [0.3, 0.4) is 0 Å². The molecule has 0 heterocycles. The second-order valence-corrected chi connectivity index (χ2v) is 3.73. The zero-order chi connectivity index (χ0) is 10.7. The maximum Gasteiger partial charge on any atom is 0.122 e. The fourth-order valence-electron chi connectivity index (χ4n) is 1.86. The number of benzene rings is 1. The van der Waals surface area contributed by atoms with Crippen molar-refractivity contribution in [3.05, 3.63) is 28.3 Å². The molecule has 0 N–H and O–H groups in total. The summed E-state index contributed by atoms with van der Waals surface area (Å²) in [5, 5.41) is 0. The molecule has 0 saturated carbocycles. The van der Waals surface area contributed by atoms with E-state index in [-0.39, 0.29) is 0 Å². The molecule has 0 fully saturated rings. The van der Waals surface area contributed by atoms with Crippen molar-refractivity contribution in [2.75, 3.05) is 7.11 Å². The molecule has 1 rings (SSSR count). The largest absolute Gasteiger partial charge is 0.496 e. The van der Waals surface area contributed by atoms with Crippen molar-refractivity contribution in [3.8, 4) is 5.75 Å². The van der Waals surface area contributed by atoms with Gasteiger partial charge in [-0.2, -0.15) is 0 Å². The topological polar surface area (TPSA) is 9.23 Å². The molecular weight excluding hydrogens is 196 g/mol. The second-order valence-electron chi connectivity index (χ2n) is 3.47. The highest BCUT2D eigenvalue weighted by molar-refractivity contribution is 6.17. The molecule has 1 nitrogen and oxygen atoms in total. The van der Waals surface area contributed by atoms with E-state index in [0.29, 0.717) is 5.88 Å². The molecule has 78 valence electrons. The van der Waals surface area contributed by atoms with Crippen LogP contribution in [0.25, 0.3) is 0 Å². The summed E-state index contributed by atoms with van der Waals surface area (Å²) in [5.74, 6) is 1.56. The summed E-state index contributed by atoms with van der Waals surface area (Å²) < 4.78 is 5.35. The van der Waals surface area contributed by atoms with Crippen LogP contribution >= 0.6 is 11.6 Å². The molecule has 0 saturated heterocycles. The Morgan fingerprint density at radius 1 is 1.29 bits per heavy atom. The molecule has 0 atom stereocenters. The van der Waals surface area contributed by atoms with Gasteiger partial charge in [-0.05, 0) is 48.6 Å². The Labute approximate surface area is 91.0 Å². The molecule has 14 heavy (non-hydrogen) atoms. The maximum absolute atomic E-state index is 5.92. The van der Waals surface area contributed by atoms with Gasteiger partial charge >= 0.3 is 0 Å². The van der Waals surface area contributed by atoms with E-state index >= 15 is 0 Å². The van der Waals surface area contributed by atoms with Gasteiger partial charge < -0.3 is 4.74 Å². The standard InChI is InChI=1S/C12H17ClO/c1-5-10-9(3)11(7-13)8(2)6-12(10)14-4/h6H,5,7H2,1-4H3. The van der Waals surface area contributed by atoms with Gasteiger partial charge in [-0.15, -0.1) is 11.6 Å². The van der Waals surface area contributed by atoms with Crippen LogP contribution in [0, 0.1) is 13.8 Å². The average molecular weight is 213 g/mol. The molecule has 0 radical (unpaired) electrons. The van der Waals surface area contributed by atoms with Gasteiger partial charge in [0.25, 0.3) is 0 Å². The van der Waals surface area contributed by atoms with Gasteiger partial charge in [0.15, 0.2) is 0 Å². The van der Waals surface area contributed by atoms with E-state index in [0.717, 1.165) is 12.2 Å². The summed E-state index contributed by atoms with van der Waals surface area (Å²) >= 11 is 5.92. The lowest BCUT2D eigenvalue weighted by Crippen LogP contribution is -2.00. The number of ether oxygens (including phenoxy) is 1. The van der Waals surface area contributed by atoms with Gasteiger partial charge in [0.2, 0.25) is 0 Å². The quantitative estimate of drug-likeness (QED) is 0.696. The molecule has 0 spiro atoms. The highest BCUT2D eigenvalue weighted by Crippen LogP contribution is 2.29. The van der Waals surface area contributed by atoms with E-state index in [9.17, 15) is 0 Å². The van der Waals surface area contributed by atoms with Gasteiger partial charge in [0.05, 0.1) is 7.11 Å². The molecule has 1 aromatic rings. The van der Waals surface area contributed by atoms with Crippen LogP contribution in [0.5, 0.6) is 5.75 Å². The minimum Gasteiger partial charge on any atom is -0.496 e. The third-order valence-corrected chi connectivity index (χ3v) is 3.00. The molecule has 1 aromatic carbocycles. The van der Waals surface area contributed by atoms with Crippen molar-refractivity contribution in [1.82, 2.24) is 0 Å². The van der Waals surface area contributed by atoms with Crippen molar-refractivity contribution < 1.29 is 4.74 Å². The maximum atomic E-state index is 5.92. The Bertz CT molecular complexity index is 332. The van der Waals surface area contributed by atoms with Crippen LogP contribution in [0.15, 0.2) is 6.07 Å². The smallest absolute Gasteiger partial charge is 0.122 e.